The van der Waals surface area contributed by atoms with Gasteiger partial charge < -0.3 is 14.8 Å². The summed E-state index contributed by atoms with van der Waals surface area (Å²) in [5.41, 5.74) is 2.97. The van der Waals surface area contributed by atoms with Gasteiger partial charge in [-0.2, -0.15) is 0 Å². The lowest BCUT2D eigenvalue weighted by Crippen LogP contribution is -2.20. The number of fused-ring (bicyclic) bond motifs is 1. The van der Waals surface area contributed by atoms with Crippen LogP contribution < -0.4 is 10.1 Å². The summed E-state index contributed by atoms with van der Waals surface area (Å²) >= 11 is 0. The van der Waals surface area contributed by atoms with Gasteiger partial charge in [-0.25, -0.2) is 9.78 Å². The summed E-state index contributed by atoms with van der Waals surface area (Å²) in [4.78, 5) is 28.3. The van der Waals surface area contributed by atoms with Crippen molar-refractivity contribution in [2.45, 2.75) is 6.92 Å². The number of benzene rings is 2. The Morgan fingerprint density at radius 3 is 2.75 bits per heavy atom. The van der Waals surface area contributed by atoms with Crippen molar-refractivity contribution in [3.05, 3.63) is 71.9 Å². The fourth-order valence-electron chi connectivity index (χ4n) is 2.62. The molecule has 0 saturated heterocycles. The Hall–Kier alpha value is -3.67. The van der Waals surface area contributed by atoms with Crippen molar-refractivity contribution >= 4 is 34.5 Å². The topological polar surface area (TPSA) is 77.5 Å². The summed E-state index contributed by atoms with van der Waals surface area (Å²) < 4.78 is 10.2. The monoisotopic (exact) mass is 376 g/mol. The number of ether oxygens (including phenoxy) is 2. The number of anilines is 1. The molecule has 2 aromatic carbocycles. The number of aromatic nitrogens is 1. The number of carbonyl (C=O) groups is 2. The molecule has 3 rings (SSSR count). The van der Waals surface area contributed by atoms with Crippen LogP contribution >= 0.6 is 0 Å². The van der Waals surface area contributed by atoms with Crippen LogP contribution in [0.1, 0.15) is 11.3 Å². The third-order valence-electron chi connectivity index (χ3n) is 3.98. The lowest BCUT2D eigenvalue weighted by molar-refractivity contribution is -0.142. The zero-order valence-electron chi connectivity index (χ0n) is 15.6. The molecule has 1 amide bonds. The first kappa shape index (κ1) is 19.1. The van der Waals surface area contributed by atoms with E-state index in [9.17, 15) is 9.59 Å². The van der Waals surface area contributed by atoms with Crippen molar-refractivity contribution < 1.29 is 19.1 Å². The molecule has 28 heavy (non-hydrogen) atoms. The highest BCUT2D eigenvalue weighted by molar-refractivity contribution is 5.95. The quantitative estimate of drug-likeness (QED) is 0.524. The fourth-order valence-corrected chi connectivity index (χ4v) is 2.62. The first-order valence-corrected chi connectivity index (χ1v) is 8.70. The predicted molar refractivity (Wildman–Crippen MR) is 108 cm³/mol. The number of esters is 1. The number of rotatable bonds is 6. The fraction of sp³-hybridized carbons (Fsp3) is 0.136. The highest BCUT2D eigenvalue weighted by atomic mass is 16.5. The number of aryl methyl sites for hydroxylation is 1. The molecule has 0 aliphatic rings. The second-order valence-electron chi connectivity index (χ2n) is 6.12. The van der Waals surface area contributed by atoms with Crippen LogP contribution in [0.15, 0.2) is 60.7 Å². The molecule has 0 spiro atoms. The van der Waals surface area contributed by atoms with Crippen molar-refractivity contribution in [3.8, 4) is 5.75 Å². The van der Waals surface area contributed by atoms with Gasteiger partial charge in [-0.05, 0) is 42.8 Å². The Kier molecular flexibility index (Phi) is 6.01. The molecule has 0 unspecified atom stereocenters. The number of hydrogen-bond donors (Lipinski definition) is 1. The first-order chi connectivity index (χ1) is 13.5. The maximum absolute atomic E-state index is 12.0. The van der Waals surface area contributed by atoms with E-state index in [-0.39, 0.29) is 0 Å². The normalized spacial score (nSPS) is 10.8. The Morgan fingerprint density at radius 2 is 1.93 bits per heavy atom. The molecule has 0 aliphatic heterocycles. The molecule has 0 aliphatic carbocycles. The van der Waals surface area contributed by atoms with Gasteiger partial charge in [0.2, 0.25) is 0 Å². The summed E-state index contributed by atoms with van der Waals surface area (Å²) in [7, 11) is 1.52. The lowest BCUT2D eigenvalue weighted by Gasteiger charge is -2.10. The smallest absolute Gasteiger partial charge is 0.331 e. The number of nitrogens with zero attached hydrogens (tertiary/aromatic N) is 1. The second kappa shape index (κ2) is 8.81. The Morgan fingerprint density at radius 1 is 1.11 bits per heavy atom. The van der Waals surface area contributed by atoms with E-state index in [1.165, 1.54) is 13.2 Å². The maximum Gasteiger partial charge on any atom is 0.331 e. The summed E-state index contributed by atoms with van der Waals surface area (Å²) in [6.45, 7) is 1.51. The molecule has 3 aromatic rings. The molecular formula is C22H20N2O4. The van der Waals surface area contributed by atoms with E-state index in [1.54, 1.807) is 18.2 Å². The molecule has 6 heteroatoms. The number of carbonyl (C=O) groups excluding carboxylic acids is 2. The molecule has 0 atom stereocenters. The summed E-state index contributed by atoms with van der Waals surface area (Å²) in [5.74, 6) is -0.539. The number of hydrogen-bond acceptors (Lipinski definition) is 5. The molecule has 6 nitrogen and oxygen atoms in total. The molecule has 1 N–H and O–H groups in total. The third kappa shape index (κ3) is 4.94. The summed E-state index contributed by atoms with van der Waals surface area (Å²) in [6, 6.07) is 16.9. The van der Waals surface area contributed by atoms with Crippen LogP contribution in [0.5, 0.6) is 5.75 Å². The number of nitrogens with one attached hydrogen (secondary N) is 1. The standard InChI is InChI=1S/C22H20N2O4/c1-15-7-11-20(27-2)19(13-15)24-21(25)14-28-22(26)12-10-17-9-8-16-5-3-4-6-18(16)23-17/h3-13H,14H2,1-2H3,(H,24,25)/b12-10+. The van der Waals surface area contributed by atoms with Crippen molar-refractivity contribution in [1.82, 2.24) is 4.98 Å². The second-order valence-corrected chi connectivity index (χ2v) is 6.12. The number of methoxy groups -OCH3 is 1. The average Bonchev–Trinajstić information content (AvgIpc) is 2.70. The van der Waals surface area contributed by atoms with Crippen LogP contribution in [0.4, 0.5) is 5.69 Å². The van der Waals surface area contributed by atoms with Gasteiger partial charge >= 0.3 is 5.97 Å². The minimum Gasteiger partial charge on any atom is -0.495 e. The zero-order chi connectivity index (χ0) is 19.9. The molecule has 1 aromatic heterocycles. The van der Waals surface area contributed by atoms with Crippen molar-refractivity contribution in [1.29, 1.82) is 0 Å². The van der Waals surface area contributed by atoms with Crippen LogP contribution in [0, 0.1) is 6.92 Å². The van der Waals surface area contributed by atoms with E-state index in [1.807, 2.05) is 49.4 Å². The average molecular weight is 376 g/mol. The zero-order valence-corrected chi connectivity index (χ0v) is 15.6. The van der Waals surface area contributed by atoms with E-state index in [0.29, 0.717) is 17.1 Å². The number of amides is 1. The van der Waals surface area contributed by atoms with Crippen LogP contribution in [0.3, 0.4) is 0 Å². The van der Waals surface area contributed by atoms with E-state index >= 15 is 0 Å². The Labute approximate surface area is 162 Å². The Balaban J connectivity index is 1.55. The first-order valence-electron chi connectivity index (χ1n) is 8.70. The van der Waals surface area contributed by atoms with E-state index in [0.717, 1.165) is 16.5 Å². The van der Waals surface area contributed by atoms with Gasteiger partial charge in [-0.1, -0.05) is 30.3 Å². The molecule has 0 bridgehead atoms. The minimum absolute atomic E-state index is 0.397. The molecule has 1 heterocycles. The summed E-state index contributed by atoms with van der Waals surface area (Å²) in [5, 5.41) is 3.69. The van der Waals surface area contributed by atoms with Crippen LogP contribution in [-0.4, -0.2) is 30.6 Å². The SMILES string of the molecule is COc1ccc(C)cc1NC(=O)COC(=O)/C=C/c1ccc2ccccc2n1. The largest absolute Gasteiger partial charge is 0.495 e. The van der Waals surface area contributed by atoms with Gasteiger partial charge in [0.05, 0.1) is 24.0 Å². The summed E-state index contributed by atoms with van der Waals surface area (Å²) in [6.07, 6.45) is 2.80. The number of pyridine rings is 1. The van der Waals surface area contributed by atoms with Crippen molar-refractivity contribution in [2.75, 3.05) is 19.0 Å². The van der Waals surface area contributed by atoms with Gasteiger partial charge in [-0.15, -0.1) is 0 Å². The highest BCUT2D eigenvalue weighted by Crippen LogP contribution is 2.25. The minimum atomic E-state index is -0.624. The maximum atomic E-state index is 12.0. The molecule has 0 radical (unpaired) electrons. The lowest BCUT2D eigenvalue weighted by atomic mass is 10.2. The van der Waals surface area contributed by atoms with E-state index < -0.39 is 18.5 Å². The van der Waals surface area contributed by atoms with Gasteiger partial charge in [-0.3, -0.25) is 4.79 Å². The number of para-hydroxylation sites is 1. The third-order valence-corrected chi connectivity index (χ3v) is 3.98. The van der Waals surface area contributed by atoms with E-state index in [2.05, 4.69) is 10.3 Å². The molecule has 0 fully saturated rings. The van der Waals surface area contributed by atoms with Gasteiger partial charge in [0, 0.05) is 11.5 Å². The molecule has 142 valence electrons. The van der Waals surface area contributed by atoms with Gasteiger partial charge in [0.1, 0.15) is 5.75 Å². The van der Waals surface area contributed by atoms with Gasteiger partial charge in [0.25, 0.3) is 5.91 Å². The predicted octanol–water partition coefficient (Wildman–Crippen LogP) is 3.75. The van der Waals surface area contributed by atoms with E-state index in [4.69, 9.17) is 9.47 Å². The van der Waals surface area contributed by atoms with Crippen molar-refractivity contribution in [3.63, 3.8) is 0 Å². The highest BCUT2D eigenvalue weighted by Gasteiger charge is 2.09. The van der Waals surface area contributed by atoms with Gasteiger partial charge in [0.15, 0.2) is 6.61 Å². The Bertz CT molecular complexity index is 1040. The van der Waals surface area contributed by atoms with Crippen LogP contribution in [-0.2, 0) is 14.3 Å². The van der Waals surface area contributed by atoms with Crippen LogP contribution in [0.2, 0.25) is 0 Å². The van der Waals surface area contributed by atoms with Crippen LogP contribution in [0.25, 0.3) is 17.0 Å². The molecular weight excluding hydrogens is 356 g/mol. The van der Waals surface area contributed by atoms with Crippen molar-refractivity contribution in [2.24, 2.45) is 0 Å². The molecule has 0 saturated carbocycles.